The van der Waals surface area contributed by atoms with E-state index < -0.39 is 11.9 Å². The minimum Gasteiger partial charge on any atom is -0.508 e. The van der Waals surface area contributed by atoms with Crippen LogP contribution in [0.25, 0.3) is 32.9 Å². The van der Waals surface area contributed by atoms with Gasteiger partial charge in [-0.25, -0.2) is 14.2 Å². The number of halogens is 1. The van der Waals surface area contributed by atoms with E-state index in [9.17, 15) is 24.3 Å². The van der Waals surface area contributed by atoms with Gasteiger partial charge in [0.1, 0.15) is 42.0 Å². The van der Waals surface area contributed by atoms with E-state index >= 15 is 4.39 Å². The molecule has 0 aliphatic carbocycles. The van der Waals surface area contributed by atoms with Crippen LogP contribution in [-0.4, -0.2) is 159 Å². The van der Waals surface area contributed by atoms with Crippen LogP contribution < -0.4 is 15.0 Å². The standard InChI is InChI=1S/C58H66FN9O8/c59-50-51(45-29-42(69)28-38-5-1-2-6-43(38)45)60-46-10-8-40-32-74-26-4-20-66(40)53-49(46)52(50)62-56(63-53)76-34-58-18-3-21-68(58)41(13-19-58)33-75-57(73)65-24-14-35(15-25-65)30-64-22-16-36(17-23-64)37-7-9-44-39(27-37)31-67(55(44)72)47-11-12-48(70)61-54(47)71/h1-2,5-7,9,27-29,35-36,40-41,47,69H,3-4,8,10-26,30-34H2,(H,61,70,71)/t40-,41-,47?,58-/m0/s1. The number of carbonyl (C=O) groups excluding carboxylic acids is 4. The SMILES string of the molecule is O=C1CCC(N2Cc3cc(C4CCN(CC5CCN(C(=O)OC[C@@H]6CC[C@]7(COc8nc9c%10c(nc(-c%11cc(O)cc%12ccccc%11%12)c(F)c%10n8)CC[C@H]8COCCCN98)CCCN67)CC5)CC4)ccc3C2=O)C(=O)N1. The van der Waals surface area contributed by atoms with E-state index in [1.165, 1.54) is 5.56 Å². The molecule has 8 aliphatic rings. The smallest absolute Gasteiger partial charge is 0.409 e. The van der Waals surface area contributed by atoms with Crippen LogP contribution >= 0.6 is 0 Å². The van der Waals surface area contributed by atoms with Crippen LogP contribution in [0.4, 0.5) is 15.0 Å². The Balaban J connectivity index is 0.618. The summed E-state index contributed by atoms with van der Waals surface area (Å²) in [6, 6.07) is 16.6. The summed E-state index contributed by atoms with van der Waals surface area (Å²) in [4.78, 5) is 76.8. The second-order valence-electron chi connectivity index (χ2n) is 22.7. The fourth-order valence-electron chi connectivity index (χ4n) is 14.2. The van der Waals surface area contributed by atoms with Gasteiger partial charge in [0.25, 0.3) is 5.91 Å². The highest BCUT2D eigenvalue weighted by Gasteiger charge is 2.50. The van der Waals surface area contributed by atoms with Gasteiger partial charge in [-0.3, -0.25) is 24.6 Å². The molecule has 10 heterocycles. The molecular weight excluding hydrogens is 970 g/mol. The number of rotatable bonds is 10. The van der Waals surface area contributed by atoms with Crippen LogP contribution in [0.5, 0.6) is 11.8 Å². The van der Waals surface area contributed by atoms with E-state index in [0.29, 0.717) is 99.6 Å². The number of piperidine rings is 3. The van der Waals surface area contributed by atoms with E-state index in [1.54, 1.807) is 17.0 Å². The molecule has 0 spiro atoms. The first-order valence-electron chi connectivity index (χ1n) is 27.8. The number of phenols is 1. The number of aryl methyl sites for hydroxylation is 1. The number of fused-ring (bicyclic) bond motifs is 5. The van der Waals surface area contributed by atoms with E-state index in [2.05, 4.69) is 32.1 Å². The molecule has 0 radical (unpaired) electrons. The predicted molar refractivity (Wildman–Crippen MR) is 281 cm³/mol. The first kappa shape index (κ1) is 49.1. The van der Waals surface area contributed by atoms with Crippen molar-refractivity contribution in [2.45, 2.75) is 120 Å². The Morgan fingerprint density at radius 3 is 2.57 bits per heavy atom. The number of carbonyl (C=O) groups is 4. The van der Waals surface area contributed by atoms with Crippen molar-refractivity contribution in [2.24, 2.45) is 5.92 Å². The van der Waals surface area contributed by atoms with Gasteiger partial charge < -0.3 is 38.9 Å². The van der Waals surface area contributed by atoms with Crippen molar-refractivity contribution in [3.8, 4) is 23.0 Å². The van der Waals surface area contributed by atoms with Crippen molar-refractivity contribution in [1.29, 1.82) is 0 Å². The van der Waals surface area contributed by atoms with E-state index in [0.717, 1.165) is 112 Å². The third-order valence-electron chi connectivity index (χ3n) is 18.2. The average molecular weight is 1040 g/mol. The summed E-state index contributed by atoms with van der Waals surface area (Å²) in [7, 11) is 0. The molecule has 8 aliphatic heterocycles. The van der Waals surface area contributed by atoms with Crippen LogP contribution in [0.3, 0.4) is 0 Å². The summed E-state index contributed by atoms with van der Waals surface area (Å²) in [5.41, 5.74) is 4.10. The van der Waals surface area contributed by atoms with Gasteiger partial charge in [-0.05, 0) is 149 Å². The van der Waals surface area contributed by atoms with Crippen molar-refractivity contribution in [3.05, 3.63) is 82.8 Å². The zero-order valence-corrected chi connectivity index (χ0v) is 43.0. The maximum absolute atomic E-state index is 17.3. The molecule has 3 aromatic carbocycles. The number of aromatic nitrogens is 3. The van der Waals surface area contributed by atoms with Crippen LogP contribution in [0.15, 0.2) is 54.6 Å². The van der Waals surface area contributed by atoms with Gasteiger partial charge in [0, 0.05) is 62.9 Å². The quantitative estimate of drug-likeness (QED) is 0.135. The Morgan fingerprint density at radius 2 is 1.71 bits per heavy atom. The van der Waals surface area contributed by atoms with Crippen LogP contribution in [0.1, 0.15) is 110 Å². The Kier molecular flexibility index (Phi) is 13.0. The molecule has 2 aromatic heterocycles. The minimum atomic E-state index is -0.610. The topological polar surface area (TPSA) is 183 Å². The van der Waals surface area contributed by atoms with Gasteiger partial charge in [-0.15, -0.1) is 0 Å². The molecule has 18 heteroatoms. The maximum Gasteiger partial charge on any atom is 0.409 e. The highest BCUT2D eigenvalue weighted by atomic mass is 19.1. The first-order chi connectivity index (χ1) is 37.1. The summed E-state index contributed by atoms with van der Waals surface area (Å²) in [5.74, 6) is 0.187. The van der Waals surface area contributed by atoms with Crippen LogP contribution in [0.2, 0.25) is 0 Å². The highest BCUT2D eigenvalue weighted by Crippen LogP contribution is 2.45. The molecule has 76 heavy (non-hydrogen) atoms. The number of pyridine rings is 1. The number of ether oxygens (including phenoxy) is 3. The third-order valence-corrected chi connectivity index (χ3v) is 18.2. The summed E-state index contributed by atoms with van der Waals surface area (Å²) >= 11 is 0. The second kappa shape index (κ2) is 20.1. The van der Waals surface area contributed by atoms with E-state index in [-0.39, 0.29) is 70.8 Å². The monoisotopic (exact) mass is 1040 g/mol. The molecule has 0 bridgehead atoms. The number of likely N-dealkylation sites (tertiary alicyclic amines) is 2. The molecule has 4 atom stereocenters. The van der Waals surface area contributed by atoms with Crippen molar-refractivity contribution in [1.82, 2.24) is 39.9 Å². The number of nitrogens with zero attached hydrogens (tertiary/aromatic N) is 8. The van der Waals surface area contributed by atoms with Crippen LogP contribution in [0, 0.1) is 11.7 Å². The average Bonchev–Trinajstić information content (AvgIpc) is 4.08. The van der Waals surface area contributed by atoms with Crippen molar-refractivity contribution >= 4 is 51.3 Å². The Bertz CT molecular complexity index is 3130. The van der Waals surface area contributed by atoms with Gasteiger partial charge in [-0.1, -0.05) is 36.4 Å². The molecule has 6 saturated heterocycles. The first-order valence-corrected chi connectivity index (χ1v) is 27.8. The second-order valence-corrected chi connectivity index (χ2v) is 22.7. The third kappa shape index (κ3) is 9.06. The van der Waals surface area contributed by atoms with E-state index in [1.807, 2.05) is 35.2 Å². The molecule has 6 fully saturated rings. The van der Waals surface area contributed by atoms with Gasteiger partial charge in [0.2, 0.25) is 11.8 Å². The number of aromatic hydroxyl groups is 1. The number of phenolic OH excluding ortho intramolecular Hbond substituents is 1. The zero-order chi connectivity index (χ0) is 51.7. The summed E-state index contributed by atoms with van der Waals surface area (Å²) in [6.45, 7) is 8.16. The lowest BCUT2D eigenvalue weighted by atomic mass is 9.87. The number of imide groups is 1. The summed E-state index contributed by atoms with van der Waals surface area (Å²) in [6.07, 6.45) is 10.1. The number of amides is 4. The highest BCUT2D eigenvalue weighted by molar-refractivity contribution is 6.05. The Labute approximate surface area is 441 Å². The fraction of sp³-hybridized carbons (Fsp3) is 0.534. The molecule has 13 rings (SSSR count). The molecule has 17 nitrogen and oxygen atoms in total. The Morgan fingerprint density at radius 1 is 0.855 bits per heavy atom. The van der Waals surface area contributed by atoms with Crippen molar-refractivity contribution < 1.29 is 42.9 Å². The normalized spacial score (nSPS) is 25.6. The number of anilines is 1. The molecule has 4 amide bonds. The number of benzene rings is 3. The fourth-order valence-corrected chi connectivity index (χ4v) is 14.2. The molecule has 398 valence electrons. The Hall–Kier alpha value is -6.50. The van der Waals surface area contributed by atoms with Gasteiger partial charge >= 0.3 is 12.1 Å². The predicted octanol–water partition coefficient (Wildman–Crippen LogP) is 7.10. The number of hydrogen-bond acceptors (Lipinski definition) is 14. The molecule has 5 aromatic rings. The van der Waals surface area contributed by atoms with Gasteiger partial charge in [-0.2, -0.15) is 9.97 Å². The molecule has 0 saturated carbocycles. The lowest BCUT2D eigenvalue weighted by Crippen LogP contribution is -2.52. The minimum absolute atomic E-state index is 0.0314. The van der Waals surface area contributed by atoms with E-state index in [4.69, 9.17) is 29.2 Å². The van der Waals surface area contributed by atoms with Crippen molar-refractivity contribution in [3.63, 3.8) is 0 Å². The largest absolute Gasteiger partial charge is 0.508 e. The lowest BCUT2D eigenvalue weighted by molar-refractivity contribution is -0.136. The summed E-state index contributed by atoms with van der Waals surface area (Å²) < 4.78 is 36.1. The molecule has 2 N–H and O–H groups in total. The van der Waals surface area contributed by atoms with Crippen LogP contribution in [-0.2, 0) is 32.0 Å². The van der Waals surface area contributed by atoms with Gasteiger partial charge in [0.15, 0.2) is 5.82 Å². The zero-order valence-electron chi connectivity index (χ0n) is 43.0. The van der Waals surface area contributed by atoms with Gasteiger partial charge in [0.05, 0.1) is 29.3 Å². The lowest BCUT2D eigenvalue weighted by Gasteiger charge is -2.38. The molecule has 1 unspecified atom stereocenters. The summed E-state index contributed by atoms with van der Waals surface area (Å²) in [5, 5.41) is 15.3. The number of hydrogen-bond donors (Lipinski definition) is 2. The van der Waals surface area contributed by atoms with Crippen molar-refractivity contribution in [2.75, 3.05) is 77.1 Å². The maximum atomic E-state index is 17.3. The molecular formula is C58H66FN9O8. The number of nitrogens with one attached hydrogen (secondary N) is 1.